The number of esters is 1. The second-order valence-electron chi connectivity index (χ2n) is 4.81. The van der Waals surface area contributed by atoms with Gasteiger partial charge in [0.15, 0.2) is 0 Å². The molecule has 0 aromatic rings. The Kier molecular flexibility index (Phi) is 5.38. The summed E-state index contributed by atoms with van der Waals surface area (Å²) in [6.07, 6.45) is 6.91. The van der Waals surface area contributed by atoms with Gasteiger partial charge >= 0.3 is 5.97 Å². The van der Waals surface area contributed by atoms with Gasteiger partial charge in [-0.15, -0.1) is 0 Å². The molecule has 1 aliphatic carbocycles. The Labute approximate surface area is 108 Å². The molecule has 0 spiro atoms. The lowest BCUT2D eigenvalue weighted by Crippen LogP contribution is -2.22. The van der Waals surface area contributed by atoms with Crippen LogP contribution in [0.5, 0.6) is 0 Å². The summed E-state index contributed by atoms with van der Waals surface area (Å²) in [6, 6.07) is 1.88. The Hall–Kier alpha value is -1.82. The Morgan fingerprint density at radius 3 is 2.44 bits per heavy atom. The zero-order valence-corrected chi connectivity index (χ0v) is 10.8. The first-order valence-electron chi connectivity index (χ1n) is 6.20. The van der Waals surface area contributed by atoms with E-state index in [9.17, 15) is 4.79 Å². The maximum absolute atomic E-state index is 11.8. The van der Waals surface area contributed by atoms with Crippen LogP contribution >= 0.6 is 0 Å². The van der Waals surface area contributed by atoms with Crippen molar-refractivity contribution in [2.75, 3.05) is 0 Å². The molecule has 0 saturated heterocycles. The van der Waals surface area contributed by atoms with Gasteiger partial charge in [0.25, 0.3) is 0 Å². The molecular formula is C15H19NO2. The molecule has 18 heavy (non-hydrogen) atoms. The number of allylic oxidation sites excluding steroid dienone is 3. The first kappa shape index (κ1) is 14.2. The topological polar surface area (TPSA) is 50.1 Å². The molecule has 1 fully saturated rings. The van der Waals surface area contributed by atoms with Crippen LogP contribution < -0.4 is 0 Å². The van der Waals surface area contributed by atoms with E-state index in [-0.39, 0.29) is 17.6 Å². The number of hydrogen-bond donors (Lipinski definition) is 0. The molecule has 96 valence electrons. The van der Waals surface area contributed by atoms with Crippen LogP contribution in [0, 0.1) is 23.2 Å². The number of carbonyl (C=O) groups excluding carboxylic acids is 1. The van der Waals surface area contributed by atoms with Crippen LogP contribution in [-0.4, -0.2) is 5.97 Å². The van der Waals surface area contributed by atoms with E-state index in [1.54, 1.807) is 0 Å². The monoisotopic (exact) mass is 245 g/mol. The number of hydrogen-bond acceptors (Lipinski definition) is 3. The highest BCUT2D eigenvalue weighted by Crippen LogP contribution is 2.29. The fraction of sp³-hybridized carbons (Fsp3) is 0.467. The molecule has 1 aliphatic rings. The number of carbonyl (C=O) groups is 1. The van der Waals surface area contributed by atoms with E-state index < -0.39 is 0 Å². The average Bonchev–Trinajstić information content (AvgIpc) is 2.36. The molecule has 1 saturated carbocycles. The first-order chi connectivity index (χ1) is 8.52. The van der Waals surface area contributed by atoms with E-state index in [2.05, 4.69) is 20.1 Å². The Morgan fingerprint density at radius 2 is 1.89 bits per heavy atom. The Bertz CT molecular complexity index is 407. The minimum absolute atomic E-state index is 0.00878. The van der Waals surface area contributed by atoms with E-state index in [1.165, 1.54) is 12.2 Å². The molecule has 0 aliphatic heterocycles. The lowest BCUT2D eigenvalue weighted by atomic mass is 9.83. The molecule has 0 heterocycles. The van der Waals surface area contributed by atoms with Crippen LogP contribution in [-0.2, 0) is 9.53 Å². The van der Waals surface area contributed by atoms with Gasteiger partial charge in [0, 0.05) is 5.57 Å². The van der Waals surface area contributed by atoms with Crippen molar-refractivity contribution in [3.63, 3.8) is 0 Å². The van der Waals surface area contributed by atoms with Gasteiger partial charge in [-0.25, -0.2) is 0 Å². The van der Waals surface area contributed by atoms with E-state index in [0.717, 1.165) is 25.7 Å². The summed E-state index contributed by atoms with van der Waals surface area (Å²) in [4.78, 5) is 11.8. The van der Waals surface area contributed by atoms with Gasteiger partial charge in [0.2, 0.25) is 0 Å². The number of rotatable bonds is 4. The zero-order chi connectivity index (χ0) is 13.5. The molecule has 0 amide bonds. The minimum Gasteiger partial charge on any atom is -0.427 e. The summed E-state index contributed by atoms with van der Waals surface area (Å²) in [5.74, 6) is 0.746. The first-order valence-corrected chi connectivity index (χ1v) is 6.20. The van der Waals surface area contributed by atoms with Gasteiger partial charge in [0.1, 0.15) is 5.76 Å². The third-order valence-electron chi connectivity index (χ3n) is 3.19. The fourth-order valence-electron chi connectivity index (χ4n) is 1.97. The molecule has 0 N–H and O–H groups in total. The largest absolute Gasteiger partial charge is 0.427 e. The summed E-state index contributed by atoms with van der Waals surface area (Å²) in [5, 5.41) is 8.52. The molecule has 1 rings (SSSR count). The number of nitriles is 1. The van der Waals surface area contributed by atoms with Crippen molar-refractivity contribution in [2.45, 2.75) is 32.6 Å². The Balaban J connectivity index is 2.41. The van der Waals surface area contributed by atoms with Crippen LogP contribution in [0.2, 0.25) is 0 Å². The quantitative estimate of drug-likeness (QED) is 0.329. The van der Waals surface area contributed by atoms with E-state index in [0.29, 0.717) is 11.5 Å². The standard InChI is InChI=1S/C15H19NO2/c1-11-5-8-14(9-6-11)15(17)18-13(3)7-4-12(2)10-16/h4,7,11,14H,2-3,5-6,8-9H2,1H3/b7-4-. The van der Waals surface area contributed by atoms with Crippen molar-refractivity contribution >= 4 is 5.97 Å². The van der Waals surface area contributed by atoms with E-state index >= 15 is 0 Å². The third kappa shape index (κ3) is 4.58. The van der Waals surface area contributed by atoms with Gasteiger partial charge in [-0.1, -0.05) is 20.1 Å². The second-order valence-corrected chi connectivity index (χ2v) is 4.81. The molecule has 0 unspecified atom stereocenters. The second kappa shape index (κ2) is 6.80. The molecule has 3 heteroatoms. The third-order valence-corrected chi connectivity index (χ3v) is 3.19. The molecule has 0 aromatic carbocycles. The minimum atomic E-state index is -0.209. The lowest BCUT2D eigenvalue weighted by Gasteiger charge is -2.24. The van der Waals surface area contributed by atoms with Crippen LogP contribution in [0.1, 0.15) is 32.6 Å². The molecule has 0 radical (unpaired) electrons. The predicted octanol–water partition coefficient (Wildman–Crippen LogP) is 3.51. The van der Waals surface area contributed by atoms with Crippen LogP contribution in [0.4, 0.5) is 0 Å². The number of nitrogens with zero attached hydrogens (tertiary/aromatic N) is 1. The maximum atomic E-state index is 11.8. The van der Waals surface area contributed by atoms with Crippen LogP contribution in [0.25, 0.3) is 0 Å². The van der Waals surface area contributed by atoms with Gasteiger partial charge < -0.3 is 4.74 Å². The SMILES string of the molecule is C=C(C#N)/C=C\C(=C)OC(=O)C1CCC(C)CC1. The highest BCUT2D eigenvalue weighted by molar-refractivity contribution is 5.73. The smallest absolute Gasteiger partial charge is 0.314 e. The van der Waals surface area contributed by atoms with Crippen molar-refractivity contribution in [3.05, 3.63) is 36.6 Å². The fourth-order valence-corrected chi connectivity index (χ4v) is 1.97. The summed E-state index contributed by atoms with van der Waals surface area (Å²) in [6.45, 7) is 9.33. The Morgan fingerprint density at radius 1 is 1.28 bits per heavy atom. The highest BCUT2D eigenvalue weighted by Gasteiger charge is 2.25. The highest BCUT2D eigenvalue weighted by atomic mass is 16.5. The van der Waals surface area contributed by atoms with Crippen molar-refractivity contribution in [3.8, 4) is 6.07 Å². The molecule has 0 aromatic heterocycles. The van der Waals surface area contributed by atoms with Crippen LogP contribution in [0.3, 0.4) is 0 Å². The maximum Gasteiger partial charge on any atom is 0.314 e. The predicted molar refractivity (Wildman–Crippen MR) is 70.2 cm³/mol. The van der Waals surface area contributed by atoms with Crippen molar-refractivity contribution < 1.29 is 9.53 Å². The summed E-state index contributed by atoms with van der Waals surface area (Å²) in [5.41, 5.74) is 0.304. The molecule has 3 nitrogen and oxygen atoms in total. The molecule has 0 atom stereocenters. The van der Waals surface area contributed by atoms with Crippen LogP contribution in [0.15, 0.2) is 36.6 Å². The summed E-state index contributed by atoms with van der Waals surface area (Å²) < 4.78 is 5.15. The van der Waals surface area contributed by atoms with Crippen molar-refractivity contribution in [1.29, 1.82) is 5.26 Å². The lowest BCUT2D eigenvalue weighted by molar-refractivity contribution is -0.145. The molecular weight excluding hydrogens is 226 g/mol. The van der Waals surface area contributed by atoms with Gasteiger partial charge in [0.05, 0.1) is 12.0 Å². The van der Waals surface area contributed by atoms with Crippen molar-refractivity contribution in [1.82, 2.24) is 0 Å². The average molecular weight is 245 g/mol. The van der Waals surface area contributed by atoms with E-state index in [1.807, 2.05) is 6.07 Å². The summed E-state index contributed by atoms with van der Waals surface area (Å²) in [7, 11) is 0. The van der Waals surface area contributed by atoms with Gasteiger partial charge in [-0.05, 0) is 43.8 Å². The van der Waals surface area contributed by atoms with E-state index in [4.69, 9.17) is 10.00 Å². The van der Waals surface area contributed by atoms with Gasteiger partial charge in [-0.2, -0.15) is 5.26 Å². The zero-order valence-electron chi connectivity index (χ0n) is 10.8. The normalized spacial score (nSPS) is 23.3. The summed E-state index contributed by atoms with van der Waals surface area (Å²) >= 11 is 0. The van der Waals surface area contributed by atoms with Gasteiger partial charge in [-0.3, -0.25) is 4.79 Å². The van der Waals surface area contributed by atoms with Crippen molar-refractivity contribution in [2.24, 2.45) is 11.8 Å². The number of ether oxygens (including phenoxy) is 1. The molecule has 0 bridgehead atoms.